The van der Waals surface area contributed by atoms with Gasteiger partial charge in [0.2, 0.25) is 0 Å². The lowest BCUT2D eigenvalue weighted by molar-refractivity contribution is 0.0928. The number of nitrogens with zero attached hydrogens (tertiary/aromatic N) is 1. The molecular formula is C10H15NO2. The van der Waals surface area contributed by atoms with Gasteiger partial charge >= 0.3 is 0 Å². The standard InChI is InChI=1S/C10H15NO2/c1-7(2)10(12)9-8(13-4)5-6-11(9)3/h5-7H,1-4H3. The van der Waals surface area contributed by atoms with Crippen molar-refractivity contribution < 1.29 is 9.53 Å². The summed E-state index contributed by atoms with van der Waals surface area (Å²) in [4.78, 5) is 11.7. The van der Waals surface area contributed by atoms with Crippen molar-refractivity contribution in [3.05, 3.63) is 18.0 Å². The number of ether oxygens (including phenoxy) is 1. The van der Waals surface area contributed by atoms with E-state index in [-0.39, 0.29) is 11.7 Å². The van der Waals surface area contributed by atoms with E-state index >= 15 is 0 Å². The molecule has 1 aromatic rings. The van der Waals surface area contributed by atoms with Crippen molar-refractivity contribution in [1.29, 1.82) is 0 Å². The zero-order valence-electron chi connectivity index (χ0n) is 8.50. The molecule has 1 heterocycles. The number of hydrogen-bond donors (Lipinski definition) is 0. The van der Waals surface area contributed by atoms with E-state index in [1.807, 2.05) is 27.1 Å². The molecule has 0 amide bonds. The molecule has 13 heavy (non-hydrogen) atoms. The molecule has 0 N–H and O–H groups in total. The summed E-state index contributed by atoms with van der Waals surface area (Å²) < 4.78 is 6.89. The SMILES string of the molecule is COc1ccn(C)c1C(=O)C(C)C. The highest BCUT2D eigenvalue weighted by Crippen LogP contribution is 2.21. The smallest absolute Gasteiger partial charge is 0.185 e. The summed E-state index contributed by atoms with van der Waals surface area (Å²) >= 11 is 0. The highest BCUT2D eigenvalue weighted by molar-refractivity contribution is 5.98. The third-order valence-corrected chi connectivity index (χ3v) is 2.01. The van der Waals surface area contributed by atoms with Crippen LogP contribution in [-0.2, 0) is 7.05 Å². The Labute approximate surface area is 78.3 Å². The van der Waals surface area contributed by atoms with Gasteiger partial charge in [0.25, 0.3) is 0 Å². The number of hydrogen-bond acceptors (Lipinski definition) is 2. The van der Waals surface area contributed by atoms with E-state index in [1.165, 1.54) is 0 Å². The van der Waals surface area contributed by atoms with E-state index in [0.717, 1.165) is 0 Å². The average molecular weight is 181 g/mol. The molecule has 0 aliphatic heterocycles. The lowest BCUT2D eigenvalue weighted by Gasteiger charge is -2.07. The van der Waals surface area contributed by atoms with Gasteiger partial charge in [0.15, 0.2) is 5.78 Å². The maximum atomic E-state index is 11.7. The first-order valence-corrected chi connectivity index (χ1v) is 4.31. The average Bonchev–Trinajstić information content (AvgIpc) is 2.45. The molecule has 0 aliphatic carbocycles. The van der Waals surface area contributed by atoms with Crippen LogP contribution in [0.4, 0.5) is 0 Å². The maximum absolute atomic E-state index is 11.7. The van der Waals surface area contributed by atoms with Gasteiger partial charge in [0.1, 0.15) is 11.4 Å². The molecule has 1 rings (SSSR count). The maximum Gasteiger partial charge on any atom is 0.185 e. The van der Waals surface area contributed by atoms with Crippen LogP contribution in [0.15, 0.2) is 12.3 Å². The van der Waals surface area contributed by atoms with Crippen molar-refractivity contribution in [2.45, 2.75) is 13.8 Å². The third kappa shape index (κ3) is 1.74. The second-order valence-corrected chi connectivity index (χ2v) is 3.36. The molecule has 0 atom stereocenters. The first kappa shape index (κ1) is 9.84. The van der Waals surface area contributed by atoms with E-state index < -0.39 is 0 Å². The first-order chi connectivity index (χ1) is 6.07. The highest BCUT2D eigenvalue weighted by atomic mass is 16.5. The van der Waals surface area contributed by atoms with Gasteiger partial charge in [-0.25, -0.2) is 0 Å². The fourth-order valence-corrected chi connectivity index (χ4v) is 1.24. The fraction of sp³-hybridized carbons (Fsp3) is 0.500. The van der Waals surface area contributed by atoms with Crippen LogP contribution in [-0.4, -0.2) is 17.5 Å². The van der Waals surface area contributed by atoms with Crippen molar-refractivity contribution in [2.75, 3.05) is 7.11 Å². The normalized spacial score (nSPS) is 10.5. The number of Topliss-reactive ketones (excluding diaryl/α,β-unsaturated/α-hetero) is 1. The van der Waals surface area contributed by atoms with Gasteiger partial charge in [-0.1, -0.05) is 13.8 Å². The van der Waals surface area contributed by atoms with Crippen LogP contribution in [0.25, 0.3) is 0 Å². The lowest BCUT2D eigenvalue weighted by Crippen LogP contribution is -2.12. The Kier molecular flexibility index (Phi) is 2.76. The topological polar surface area (TPSA) is 31.2 Å². The minimum absolute atomic E-state index is 0.00231. The summed E-state index contributed by atoms with van der Waals surface area (Å²) in [5.41, 5.74) is 0.650. The molecule has 0 saturated heterocycles. The Bertz CT molecular complexity index is 313. The van der Waals surface area contributed by atoms with E-state index in [0.29, 0.717) is 11.4 Å². The zero-order valence-corrected chi connectivity index (χ0v) is 8.50. The second kappa shape index (κ2) is 3.64. The van der Waals surface area contributed by atoms with Gasteiger partial charge < -0.3 is 9.30 Å². The number of ketones is 1. The Morgan fingerprint density at radius 1 is 1.54 bits per heavy atom. The Morgan fingerprint density at radius 2 is 2.15 bits per heavy atom. The van der Waals surface area contributed by atoms with Crippen LogP contribution in [0.1, 0.15) is 24.3 Å². The van der Waals surface area contributed by atoms with Gasteiger partial charge in [0, 0.05) is 19.2 Å². The van der Waals surface area contributed by atoms with Gasteiger partial charge in [-0.2, -0.15) is 0 Å². The highest BCUT2D eigenvalue weighted by Gasteiger charge is 2.18. The molecule has 0 fully saturated rings. The molecule has 3 nitrogen and oxygen atoms in total. The number of carbonyl (C=O) groups excluding carboxylic acids is 1. The van der Waals surface area contributed by atoms with Crippen molar-refractivity contribution in [2.24, 2.45) is 13.0 Å². The van der Waals surface area contributed by atoms with Gasteiger partial charge in [0.05, 0.1) is 7.11 Å². The number of rotatable bonds is 3. The molecule has 0 saturated carbocycles. The molecule has 0 aliphatic rings. The van der Waals surface area contributed by atoms with E-state index in [1.54, 1.807) is 17.7 Å². The Hall–Kier alpha value is -1.25. The molecule has 0 bridgehead atoms. The van der Waals surface area contributed by atoms with Gasteiger partial charge in [-0.3, -0.25) is 4.79 Å². The van der Waals surface area contributed by atoms with E-state index in [9.17, 15) is 4.79 Å². The van der Waals surface area contributed by atoms with E-state index in [4.69, 9.17) is 4.74 Å². The Morgan fingerprint density at radius 3 is 2.62 bits per heavy atom. The van der Waals surface area contributed by atoms with E-state index in [2.05, 4.69) is 0 Å². The minimum atomic E-state index is 0.00231. The molecule has 0 unspecified atom stereocenters. The molecule has 0 aromatic carbocycles. The second-order valence-electron chi connectivity index (χ2n) is 3.36. The van der Waals surface area contributed by atoms with Crippen LogP contribution in [0.5, 0.6) is 5.75 Å². The van der Waals surface area contributed by atoms with Crippen LogP contribution in [0, 0.1) is 5.92 Å². The van der Waals surface area contributed by atoms with Crippen LogP contribution in [0.2, 0.25) is 0 Å². The van der Waals surface area contributed by atoms with Crippen LogP contribution >= 0.6 is 0 Å². The summed E-state index contributed by atoms with van der Waals surface area (Å²) in [6.45, 7) is 3.77. The summed E-state index contributed by atoms with van der Waals surface area (Å²) in [7, 11) is 3.42. The summed E-state index contributed by atoms with van der Waals surface area (Å²) in [5, 5.41) is 0. The number of methoxy groups -OCH3 is 1. The predicted molar refractivity (Wildman–Crippen MR) is 51.1 cm³/mol. The van der Waals surface area contributed by atoms with Gasteiger partial charge in [-0.05, 0) is 6.07 Å². The quantitative estimate of drug-likeness (QED) is 0.666. The number of aromatic nitrogens is 1. The molecular weight excluding hydrogens is 166 g/mol. The fourth-order valence-electron chi connectivity index (χ4n) is 1.24. The molecule has 0 spiro atoms. The third-order valence-electron chi connectivity index (χ3n) is 2.01. The number of carbonyl (C=O) groups is 1. The van der Waals surface area contributed by atoms with Crippen LogP contribution < -0.4 is 4.74 Å². The largest absolute Gasteiger partial charge is 0.494 e. The summed E-state index contributed by atoms with van der Waals surface area (Å²) in [5.74, 6) is 0.771. The summed E-state index contributed by atoms with van der Waals surface area (Å²) in [6, 6.07) is 1.80. The lowest BCUT2D eigenvalue weighted by atomic mass is 10.1. The molecule has 72 valence electrons. The summed E-state index contributed by atoms with van der Waals surface area (Å²) in [6.07, 6.45) is 1.83. The molecule has 1 aromatic heterocycles. The zero-order chi connectivity index (χ0) is 10.0. The monoisotopic (exact) mass is 181 g/mol. The van der Waals surface area contributed by atoms with Crippen molar-refractivity contribution in [1.82, 2.24) is 4.57 Å². The van der Waals surface area contributed by atoms with Crippen molar-refractivity contribution >= 4 is 5.78 Å². The predicted octanol–water partition coefficient (Wildman–Crippen LogP) is 1.87. The minimum Gasteiger partial charge on any atom is -0.494 e. The van der Waals surface area contributed by atoms with Crippen molar-refractivity contribution in [3.8, 4) is 5.75 Å². The van der Waals surface area contributed by atoms with Crippen LogP contribution in [0.3, 0.4) is 0 Å². The van der Waals surface area contributed by atoms with Gasteiger partial charge in [-0.15, -0.1) is 0 Å². The number of aryl methyl sites for hydroxylation is 1. The Balaban J connectivity index is 3.11. The first-order valence-electron chi connectivity index (χ1n) is 4.31. The molecule has 3 heteroatoms. The van der Waals surface area contributed by atoms with Crippen molar-refractivity contribution in [3.63, 3.8) is 0 Å². The molecule has 0 radical (unpaired) electrons.